The monoisotopic (exact) mass is 494 g/mol. The lowest BCUT2D eigenvalue weighted by molar-refractivity contribution is -0.162. The summed E-state index contributed by atoms with van der Waals surface area (Å²) in [6.45, 7) is 1.64. The highest BCUT2D eigenvalue weighted by Crippen LogP contribution is 2.27. The molecule has 184 valence electrons. The first kappa shape index (κ1) is 23.6. The summed E-state index contributed by atoms with van der Waals surface area (Å²) in [7, 11) is 0. The highest BCUT2D eigenvalue weighted by atomic mass is 19.4. The first-order valence-corrected chi connectivity index (χ1v) is 11.2. The van der Waals surface area contributed by atoms with Gasteiger partial charge >= 0.3 is 6.18 Å². The maximum Gasteiger partial charge on any atom is 0.405 e. The Morgan fingerprint density at radius 3 is 2.47 bits per heavy atom. The van der Waals surface area contributed by atoms with Crippen LogP contribution in [-0.2, 0) is 0 Å². The second kappa shape index (κ2) is 9.50. The molecule has 3 heterocycles. The number of hydrogen-bond donors (Lipinski definition) is 1. The van der Waals surface area contributed by atoms with Crippen molar-refractivity contribution in [2.45, 2.75) is 19.1 Å². The highest BCUT2D eigenvalue weighted by molar-refractivity contribution is 5.94. The average molecular weight is 494 g/mol. The van der Waals surface area contributed by atoms with E-state index in [-0.39, 0.29) is 19.0 Å². The molecular formula is C25H21F3N6O2. The quantitative estimate of drug-likeness (QED) is 0.455. The SMILES string of the molecule is Cc1ncc(-c2ccc(C(=O)N3CCNC(C(F)(F)F)C3)cc2)nc1-c1nnc(-c2ccccc2)o1. The second-order valence-corrected chi connectivity index (χ2v) is 8.34. The van der Waals surface area contributed by atoms with Crippen LogP contribution in [0.4, 0.5) is 13.2 Å². The summed E-state index contributed by atoms with van der Waals surface area (Å²) in [5, 5.41) is 10.6. The molecule has 0 radical (unpaired) electrons. The van der Waals surface area contributed by atoms with Crippen molar-refractivity contribution >= 4 is 5.91 Å². The van der Waals surface area contributed by atoms with E-state index >= 15 is 0 Å². The molecule has 8 nitrogen and oxygen atoms in total. The minimum Gasteiger partial charge on any atom is -0.415 e. The van der Waals surface area contributed by atoms with Gasteiger partial charge in [0.1, 0.15) is 11.7 Å². The van der Waals surface area contributed by atoms with E-state index in [1.165, 1.54) is 4.90 Å². The third-order valence-corrected chi connectivity index (χ3v) is 5.89. The molecule has 0 spiro atoms. The van der Waals surface area contributed by atoms with Crippen LogP contribution in [0, 0.1) is 6.92 Å². The van der Waals surface area contributed by atoms with Gasteiger partial charge in [0.25, 0.3) is 11.8 Å². The van der Waals surface area contributed by atoms with Crippen molar-refractivity contribution in [1.29, 1.82) is 0 Å². The van der Waals surface area contributed by atoms with E-state index in [0.29, 0.717) is 34.1 Å². The summed E-state index contributed by atoms with van der Waals surface area (Å²) in [6.07, 6.45) is -2.82. The van der Waals surface area contributed by atoms with Crippen molar-refractivity contribution in [2.24, 2.45) is 0 Å². The molecule has 1 fully saturated rings. The lowest BCUT2D eigenvalue weighted by atomic mass is 10.1. The van der Waals surface area contributed by atoms with Gasteiger partial charge in [-0.15, -0.1) is 10.2 Å². The summed E-state index contributed by atoms with van der Waals surface area (Å²) in [6, 6.07) is 14.1. The predicted molar refractivity (Wildman–Crippen MR) is 125 cm³/mol. The first-order chi connectivity index (χ1) is 17.3. The third-order valence-electron chi connectivity index (χ3n) is 5.89. The molecule has 0 aliphatic carbocycles. The third kappa shape index (κ3) is 4.82. The van der Waals surface area contributed by atoms with Crippen molar-refractivity contribution in [2.75, 3.05) is 19.6 Å². The van der Waals surface area contributed by atoms with Crippen molar-refractivity contribution in [3.05, 3.63) is 72.1 Å². The summed E-state index contributed by atoms with van der Waals surface area (Å²) in [5.74, 6) is 0.137. The summed E-state index contributed by atoms with van der Waals surface area (Å²) < 4.78 is 45.0. The molecule has 36 heavy (non-hydrogen) atoms. The maximum absolute atomic E-state index is 13.1. The molecule has 1 amide bonds. The fourth-order valence-corrected chi connectivity index (χ4v) is 3.93. The number of carbonyl (C=O) groups excluding carboxylic acids is 1. The zero-order chi connectivity index (χ0) is 25.3. The Hall–Kier alpha value is -4.12. The van der Waals surface area contributed by atoms with Gasteiger partial charge in [-0.2, -0.15) is 13.2 Å². The minimum atomic E-state index is -4.41. The van der Waals surface area contributed by atoms with Crippen LogP contribution in [0.2, 0.25) is 0 Å². The smallest absolute Gasteiger partial charge is 0.405 e. The maximum atomic E-state index is 13.1. The van der Waals surface area contributed by atoms with Gasteiger partial charge in [-0.05, 0) is 31.2 Å². The van der Waals surface area contributed by atoms with Gasteiger partial charge < -0.3 is 14.6 Å². The zero-order valence-electron chi connectivity index (χ0n) is 19.2. The number of alkyl halides is 3. The fourth-order valence-electron chi connectivity index (χ4n) is 3.93. The van der Waals surface area contributed by atoms with E-state index in [2.05, 4.69) is 25.5 Å². The second-order valence-electron chi connectivity index (χ2n) is 8.34. The number of rotatable bonds is 4. The highest BCUT2D eigenvalue weighted by Gasteiger charge is 2.42. The average Bonchev–Trinajstić information content (AvgIpc) is 3.39. The molecule has 0 bridgehead atoms. The molecule has 4 aromatic rings. The van der Waals surface area contributed by atoms with Gasteiger partial charge in [0.05, 0.1) is 17.6 Å². The first-order valence-electron chi connectivity index (χ1n) is 11.2. The molecule has 1 atom stereocenters. The van der Waals surface area contributed by atoms with Crippen LogP contribution in [0.25, 0.3) is 34.3 Å². The predicted octanol–water partition coefficient (Wildman–Crippen LogP) is 4.15. The molecule has 0 saturated carbocycles. The van der Waals surface area contributed by atoms with Gasteiger partial charge in [-0.25, -0.2) is 4.98 Å². The number of halogens is 3. The van der Waals surface area contributed by atoms with E-state index in [1.807, 2.05) is 30.3 Å². The van der Waals surface area contributed by atoms with Gasteiger partial charge in [-0.3, -0.25) is 9.78 Å². The normalized spacial score (nSPS) is 16.2. The largest absolute Gasteiger partial charge is 0.415 e. The molecule has 1 aliphatic heterocycles. The number of nitrogens with zero attached hydrogens (tertiary/aromatic N) is 5. The number of aryl methyl sites for hydroxylation is 1. The topological polar surface area (TPSA) is 97.0 Å². The molecule has 1 aliphatic rings. The van der Waals surface area contributed by atoms with Crippen LogP contribution in [0.15, 0.2) is 65.2 Å². The zero-order valence-corrected chi connectivity index (χ0v) is 19.2. The number of aromatic nitrogens is 4. The summed E-state index contributed by atoms with van der Waals surface area (Å²) in [4.78, 5) is 23.0. The molecular weight excluding hydrogens is 473 g/mol. The number of carbonyl (C=O) groups is 1. The lowest BCUT2D eigenvalue weighted by Crippen LogP contribution is -2.58. The Balaban J connectivity index is 1.36. The van der Waals surface area contributed by atoms with E-state index in [1.54, 1.807) is 37.4 Å². The summed E-state index contributed by atoms with van der Waals surface area (Å²) >= 11 is 0. The van der Waals surface area contributed by atoms with Crippen LogP contribution in [-0.4, -0.2) is 62.8 Å². The molecule has 11 heteroatoms. The molecule has 1 unspecified atom stereocenters. The van der Waals surface area contributed by atoms with Crippen LogP contribution in [0.5, 0.6) is 0 Å². The van der Waals surface area contributed by atoms with E-state index in [0.717, 1.165) is 5.56 Å². The molecule has 5 rings (SSSR count). The Bertz CT molecular complexity index is 1370. The Morgan fingerprint density at radius 2 is 1.75 bits per heavy atom. The molecule has 2 aromatic heterocycles. The van der Waals surface area contributed by atoms with Crippen LogP contribution in [0.3, 0.4) is 0 Å². The molecule has 1 saturated heterocycles. The number of amides is 1. The fraction of sp³-hybridized carbons (Fsp3) is 0.240. The lowest BCUT2D eigenvalue weighted by Gasteiger charge is -2.34. The van der Waals surface area contributed by atoms with Gasteiger partial charge in [0.2, 0.25) is 5.89 Å². The van der Waals surface area contributed by atoms with Crippen LogP contribution < -0.4 is 5.32 Å². The number of piperazine rings is 1. The Labute approximate surface area is 204 Å². The van der Waals surface area contributed by atoms with Crippen molar-refractivity contribution < 1.29 is 22.4 Å². The van der Waals surface area contributed by atoms with Gasteiger partial charge in [0.15, 0.2) is 0 Å². The van der Waals surface area contributed by atoms with Gasteiger partial charge in [0, 0.05) is 36.3 Å². The van der Waals surface area contributed by atoms with Crippen LogP contribution >= 0.6 is 0 Å². The molecule has 1 N–H and O–H groups in total. The van der Waals surface area contributed by atoms with Gasteiger partial charge in [-0.1, -0.05) is 30.3 Å². The summed E-state index contributed by atoms with van der Waals surface area (Å²) in [5.41, 5.74) is 3.31. The molecule has 2 aromatic carbocycles. The number of nitrogens with one attached hydrogen (secondary N) is 1. The van der Waals surface area contributed by atoms with E-state index in [4.69, 9.17) is 4.42 Å². The Kier molecular flexibility index (Phi) is 6.23. The van der Waals surface area contributed by atoms with E-state index in [9.17, 15) is 18.0 Å². The minimum absolute atomic E-state index is 0.0807. The standard InChI is InChI=1S/C25H21F3N6O2/c1-15-21(23-33-32-22(36-23)17-5-3-2-4-6-17)31-19(13-30-15)16-7-9-18(10-8-16)24(35)34-12-11-29-20(14-34)25(26,27)28/h2-10,13,20,29H,11-12,14H2,1H3. The van der Waals surface area contributed by atoms with E-state index < -0.39 is 24.7 Å². The van der Waals surface area contributed by atoms with Crippen LogP contribution in [0.1, 0.15) is 16.1 Å². The number of hydrogen-bond acceptors (Lipinski definition) is 7. The van der Waals surface area contributed by atoms with Crippen molar-refractivity contribution in [1.82, 2.24) is 30.4 Å². The van der Waals surface area contributed by atoms with Crippen molar-refractivity contribution in [3.8, 4) is 34.3 Å². The number of benzene rings is 2. The van der Waals surface area contributed by atoms with Crippen molar-refractivity contribution in [3.63, 3.8) is 0 Å². The Morgan fingerprint density at radius 1 is 1.03 bits per heavy atom.